The zero-order valence-electron chi connectivity index (χ0n) is 13.4. The number of methoxy groups -OCH3 is 1. The molecule has 124 valence electrons. The van der Waals surface area contributed by atoms with Crippen molar-refractivity contribution in [3.8, 4) is 6.01 Å². The summed E-state index contributed by atoms with van der Waals surface area (Å²) in [4.78, 5) is 15.4. The second-order valence-corrected chi connectivity index (χ2v) is 5.44. The van der Waals surface area contributed by atoms with Gasteiger partial charge >= 0.3 is 6.01 Å². The number of aromatic nitrogens is 6. The quantitative estimate of drug-likeness (QED) is 0.842. The first kappa shape index (κ1) is 15.4. The van der Waals surface area contributed by atoms with Crippen molar-refractivity contribution in [3.05, 3.63) is 12.4 Å². The molecule has 1 aliphatic heterocycles. The van der Waals surface area contributed by atoms with Crippen molar-refractivity contribution in [2.75, 3.05) is 37.0 Å². The molecular weight excluding hydrogens is 296 g/mol. The molecule has 1 fully saturated rings. The van der Waals surface area contributed by atoms with Gasteiger partial charge in [-0.25, -0.2) is 0 Å². The van der Waals surface area contributed by atoms with E-state index in [2.05, 4.69) is 35.5 Å². The molecule has 1 saturated heterocycles. The van der Waals surface area contributed by atoms with Crippen LogP contribution in [-0.4, -0.2) is 56.7 Å². The van der Waals surface area contributed by atoms with Crippen LogP contribution in [0.25, 0.3) is 0 Å². The predicted molar refractivity (Wildman–Crippen MR) is 85.6 cm³/mol. The molecule has 0 spiro atoms. The third-order valence-electron chi connectivity index (χ3n) is 3.77. The minimum absolute atomic E-state index is 0.336. The molecule has 3 heterocycles. The van der Waals surface area contributed by atoms with E-state index in [0.717, 1.165) is 13.1 Å². The molecule has 0 amide bonds. The number of hydrogen-bond acceptors (Lipinski definition) is 8. The van der Waals surface area contributed by atoms with Gasteiger partial charge in [0.15, 0.2) is 0 Å². The molecule has 0 unspecified atom stereocenters. The summed E-state index contributed by atoms with van der Waals surface area (Å²) in [5, 5.41) is 10.9. The first-order valence-corrected chi connectivity index (χ1v) is 7.98. The Kier molecular flexibility index (Phi) is 5.17. The smallest absolute Gasteiger partial charge is 0.322 e. The Morgan fingerprint density at radius 3 is 2.65 bits per heavy atom. The summed E-state index contributed by atoms with van der Waals surface area (Å²) in [6, 6.07) is 0.336. The summed E-state index contributed by atoms with van der Waals surface area (Å²) in [6.07, 6.45) is 8.34. The minimum Gasteiger partial charge on any atom is -0.467 e. The van der Waals surface area contributed by atoms with E-state index >= 15 is 0 Å². The molecule has 0 aliphatic carbocycles. The maximum absolute atomic E-state index is 5.21. The summed E-state index contributed by atoms with van der Waals surface area (Å²) in [6.45, 7) is 3.29. The highest BCUT2D eigenvalue weighted by molar-refractivity contribution is 5.38. The van der Waals surface area contributed by atoms with Gasteiger partial charge in [-0.05, 0) is 12.8 Å². The molecule has 0 atom stereocenters. The van der Waals surface area contributed by atoms with E-state index in [1.165, 1.54) is 25.7 Å². The van der Waals surface area contributed by atoms with E-state index in [9.17, 15) is 0 Å². The molecule has 23 heavy (non-hydrogen) atoms. The molecule has 2 aromatic heterocycles. The molecule has 1 N–H and O–H groups in total. The van der Waals surface area contributed by atoms with E-state index in [1.54, 1.807) is 18.0 Å². The SMILES string of the molecule is COc1nc(NCCn2ccnn2)nc(N2CCCCCC2)n1. The van der Waals surface area contributed by atoms with Crippen LogP contribution >= 0.6 is 0 Å². The molecule has 0 aromatic carbocycles. The highest BCUT2D eigenvalue weighted by Crippen LogP contribution is 2.18. The van der Waals surface area contributed by atoms with Crippen LogP contribution < -0.4 is 15.0 Å². The van der Waals surface area contributed by atoms with Gasteiger partial charge in [-0.15, -0.1) is 5.10 Å². The molecule has 3 rings (SSSR count). The number of ether oxygens (including phenoxy) is 1. The standard InChI is InChI=1S/C14H22N8O/c1-23-14-18-12(15-6-10-22-11-7-16-20-22)17-13(19-14)21-8-4-2-3-5-9-21/h7,11H,2-6,8-10H2,1H3,(H,15,17,18,19). The fourth-order valence-electron chi connectivity index (χ4n) is 2.56. The maximum atomic E-state index is 5.21. The Morgan fingerprint density at radius 2 is 1.96 bits per heavy atom. The van der Waals surface area contributed by atoms with E-state index in [4.69, 9.17) is 4.74 Å². The van der Waals surface area contributed by atoms with Crippen LogP contribution in [0.3, 0.4) is 0 Å². The number of nitrogens with one attached hydrogen (secondary N) is 1. The zero-order valence-corrected chi connectivity index (χ0v) is 13.4. The van der Waals surface area contributed by atoms with Crippen LogP contribution in [0, 0.1) is 0 Å². The Bertz CT molecular complexity index is 595. The van der Waals surface area contributed by atoms with Crippen molar-refractivity contribution < 1.29 is 4.74 Å². The maximum Gasteiger partial charge on any atom is 0.322 e. The van der Waals surface area contributed by atoms with Gasteiger partial charge < -0.3 is 15.0 Å². The van der Waals surface area contributed by atoms with Crippen LogP contribution in [-0.2, 0) is 6.54 Å². The summed E-state index contributed by atoms with van der Waals surface area (Å²) in [7, 11) is 1.57. The summed E-state index contributed by atoms with van der Waals surface area (Å²) < 4.78 is 6.96. The molecule has 2 aromatic rings. The molecule has 0 bridgehead atoms. The summed E-state index contributed by atoms with van der Waals surface area (Å²) in [5.41, 5.74) is 0. The van der Waals surface area contributed by atoms with Gasteiger partial charge in [0, 0.05) is 25.8 Å². The van der Waals surface area contributed by atoms with E-state index in [0.29, 0.717) is 31.0 Å². The van der Waals surface area contributed by atoms with Crippen LogP contribution in [0.4, 0.5) is 11.9 Å². The fourth-order valence-corrected chi connectivity index (χ4v) is 2.56. The lowest BCUT2D eigenvalue weighted by Crippen LogP contribution is -2.27. The second-order valence-electron chi connectivity index (χ2n) is 5.44. The van der Waals surface area contributed by atoms with Crippen LogP contribution in [0.2, 0.25) is 0 Å². The third-order valence-corrected chi connectivity index (χ3v) is 3.77. The fraction of sp³-hybridized carbons (Fsp3) is 0.643. The molecule has 0 saturated carbocycles. The molecular formula is C14H22N8O. The third kappa shape index (κ3) is 4.27. The van der Waals surface area contributed by atoms with Gasteiger partial charge in [0.2, 0.25) is 11.9 Å². The van der Waals surface area contributed by atoms with E-state index in [-0.39, 0.29) is 0 Å². The first-order valence-electron chi connectivity index (χ1n) is 7.98. The predicted octanol–water partition coefficient (Wildman–Crippen LogP) is 0.964. The molecule has 1 aliphatic rings. The second kappa shape index (κ2) is 7.70. The number of nitrogens with zero attached hydrogens (tertiary/aromatic N) is 7. The molecule has 0 radical (unpaired) electrons. The highest BCUT2D eigenvalue weighted by Gasteiger charge is 2.15. The van der Waals surface area contributed by atoms with Gasteiger partial charge in [-0.1, -0.05) is 18.1 Å². The summed E-state index contributed by atoms with van der Waals surface area (Å²) in [5.74, 6) is 1.21. The first-order chi connectivity index (χ1) is 11.3. The van der Waals surface area contributed by atoms with E-state index in [1.807, 2.05) is 6.20 Å². The minimum atomic E-state index is 0.336. The normalized spacial score (nSPS) is 15.3. The zero-order chi connectivity index (χ0) is 15.9. The van der Waals surface area contributed by atoms with Crippen molar-refractivity contribution >= 4 is 11.9 Å². The number of hydrogen-bond donors (Lipinski definition) is 1. The Labute approximate surface area is 135 Å². The highest BCUT2D eigenvalue weighted by atomic mass is 16.5. The lowest BCUT2D eigenvalue weighted by Gasteiger charge is -2.20. The van der Waals surface area contributed by atoms with Gasteiger partial charge in [-0.3, -0.25) is 4.68 Å². The topological polar surface area (TPSA) is 93.9 Å². The average molecular weight is 318 g/mol. The van der Waals surface area contributed by atoms with Crippen molar-refractivity contribution in [3.63, 3.8) is 0 Å². The Hall–Kier alpha value is -2.45. The van der Waals surface area contributed by atoms with Gasteiger partial charge in [0.05, 0.1) is 19.9 Å². The van der Waals surface area contributed by atoms with Crippen molar-refractivity contribution in [2.24, 2.45) is 0 Å². The van der Waals surface area contributed by atoms with Crippen LogP contribution in [0.15, 0.2) is 12.4 Å². The molecule has 9 nitrogen and oxygen atoms in total. The van der Waals surface area contributed by atoms with Gasteiger partial charge in [0.1, 0.15) is 0 Å². The Morgan fingerprint density at radius 1 is 1.13 bits per heavy atom. The average Bonchev–Trinajstić information content (AvgIpc) is 2.94. The largest absolute Gasteiger partial charge is 0.467 e. The number of rotatable bonds is 6. The van der Waals surface area contributed by atoms with Gasteiger partial charge in [0.25, 0.3) is 0 Å². The lowest BCUT2D eigenvalue weighted by molar-refractivity contribution is 0.378. The van der Waals surface area contributed by atoms with Crippen molar-refractivity contribution in [1.29, 1.82) is 0 Å². The van der Waals surface area contributed by atoms with Gasteiger partial charge in [-0.2, -0.15) is 15.0 Å². The van der Waals surface area contributed by atoms with Crippen LogP contribution in [0.5, 0.6) is 6.01 Å². The lowest BCUT2D eigenvalue weighted by atomic mass is 10.2. The molecule has 9 heteroatoms. The Balaban J connectivity index is 1.67. The van der Waals surface area contributed by atoms with E-state index < -0.39 is 0 Å². The van der Waals surface area contributed by atoms with Crippen molar-refractivity contribution in [1.82, 2.24) is 29.9 Å². The van der Waals surface area contributed by atoms with Crippen LogP contribution in [0.1, 0.15) is 25.7 Å². The summed E-state index contributed by atoms with van der Waals surface area (Å²) >= 11 is 0. The monoisotopic (exact) mass is 318 g/mol. The van der Waals surface area contributed by atoms with Crippen molar-refractivity contribution in [2.45, 2.75) is 32.2 Å². The number of anilines is 2.